The summed E-state index contributed by atoms with van der Waals surface area (Å²) >= 11 is 0. The molecular weight excluding hydrogens is 208 g/mol. The number of benzene rings is 1. The second-order valence-electron chi connectivity index (χ2n) is 4.39. The van der Waals surface area contributed by atoms with Crippen LogP contribution in [-0.2, 0) is 0 Å². The first-order chi connectivity index (χ1) is 8.25. The minimum atomic E-state index is 1.15. The molecule has 0 saturated carbocycles. The highest BCUT2D eigenvalue weighted by Gasteiger charge is 2.06. The van der Waals surface area contributed by atoms with Gasteiger partial charge in [-0.15, -0.1) is 0 Å². The Labute approximate surface area is 100 Å². The number of pyridine rings is 1. The summed E-state index contributed by atoms with van der Waals surface area (Å²) in [4.78, 5) is 7.54. The van der Waals surface area contributed by atoms with Crippen LogP contribution in [0.25, 0.3) is 22.2 Å². The van der Waals surface area contributed by atoms with E-state index < -0.39 is 0 Å². The van der Waals surface area contributed by atoms with E-state index in [-0.39, 0.29) is 0 Å². The molecule has 0 aliphatic heterocycles. The van der Waals surface area contributed by atoms with E-state index >= 15 is 0 Å². The summed E-state index contributed by atoms with van der Waals surface area (Å²) in [6, 6.07) is 10.6. The molecule has 2 nitrogen and oxygen atoms in total. The van der Waals surface area contributed by atoms with Gasteiger partial charge in [0, 0.05) is 34.6 Å². The number of fused-ring (bicyclic) bond motifs is 1. The Morgan fingerprint density at radius 1 is 1.00 bits per heavy atom. The minimum absolute atomic E-state index is 1.15. The smallest absolute Gasteiger partial charge is 0.0491 e. The van der Waals surface area contributed by atoms with Crippen molar-refractivity contribution in [2.75, 3.05) is 0 Å². The van der Waals surface area contributed by atoms with Gasteiger partial charge < -0.3 is 4.98 Å². The highest BCUT2D eigenvalue weighted by molar-refractivity contribution is 5.88. The minimum Gasteiger partial charge on any atom is -0.354 e. The molecule has 0 bridgehead atoms. The molecule has 0 unspecified atom stereocenters. The van der Waals surface area contributed by atoms with Gasteiger partial charge in [-0.05, 0) is 43.2 Å². The fraction of sp³-hybridized carbons (Fsp3) is 0.133. The maximum atomic E-state index is 4.04. The summed E-state index contributed by atoms with van der Waals surface area (Å²) in [6.45, 7) is 4.30. The van der Waals surface area contributed by atoms with Crippen LogP contribution in [0.1, 0.15) is 11.1 Å². The highest BCUT2D eigenvalue weighted by Crippen LogP contribution is 2.26. The monoisotopic (exact) mass is 222 g/mol. The van der Waals surface area contributed by atoms with E-state index in [4.69, 9.17) is 0 Å². The zero-order valence-electron chi connectivity index (χ0n) is 9.99. The molecular formula is C15H14N2. The van der Waals surface area contributed by atoms with Crippen LogP contribution in [0.2, 0.25) is 0 Å². The summed E-state index contributed by atoms with van der Waals surface area (Å²) in [6.07, 6.45) is 3.64. The maximum Gasteiger partial charge on any atom is 0.0491 e. The maximum absolute atomic E-state index is 4.04. The number of H-pyrrole nitrogens is 1. The fourth-order valence-electron chi connectivity index (χ4n) is 2.14. The normalized spacial score (nSPS) is 10.9. The average Bonchev–Trinajstić information content (AvgIpc) is 2.80. The predicted octanol–water partition coefficient (Wildman–Crippen LogP) is 3.85. The number of aromatic amines is 1. The van der Waals surface area contributed by atoms with Crippen LogP contribution in [0.15, 0.2) is 42.7 Å². The Balaban J connectivity index is 2.24. The highest BCUT2D eigenvalue weighted by atomic mass is 14.7. The van der Waals surface area contributed by atoms with Crippen molar-refractivity contribution >= 4 is 10.9 Å². The number of aryl methyl sites for hydroxylation is 2. The van der Waals surface area contributed by atoms with Gasteiger partial charge in [-0.25, -0.2) is 0 Å². The Bertz CT molecular complexity index is 666. The molecule has 3 rings (SSSR count). The molecule has 0 amide bonds. The van der Waals surface area contributed by atoms with E-state index in [1.807, 2.05) is 24.5 Å². The Morgan fingerprint density at radius 3 is 2.53 bits per heavy atom. The third kappa shape index (κ3) is 1.62. The first kappa shape index (κ1) is 10.1. The number of hydrogen-bond donors (Lipinski definition) is 1. The van der Waals surface area contributed by atoms with E-state index in [2.05, 4.69) is 42.0 Å². The van der Waals surface area contributed by atoms with E-state index in [1.165, 1.54) is 27.6 Å². The summed E-state index contributed by atoms with van der Waals surface area (Å²) in [5, 5.41) is 1.26. The molecule has 0 aliphatic rings. The topological polar surface area (TPSA) is 28.7 Å². The van der Waals surface area contributed by atoms with Crippen LogP contribution < -0.4 is 0 Å². The predicted molar refractivity (Wildman–Crippen MR) is 71.0 cm³/mol. The van der Waals surface area contributed by atoms with Gasteiger partial charge in [0.25, 0.3) is 0 Å². The van der Waals surface area contributed by atoms with Crippen molar-refractivity contribution in [2.24, 2.45) is 0 Å². The van der Waals surface area contributed by atoms with Gasteiger partial charge in [0.05, 0.1) is 0 Å². The van der Waals surface area contributed by atoms with Gasteiger partial charge in [0.1, 0.15) is 0 Å². The van der Waals surface area contributed by atoms with Crippen molar-refractivity contribution in [1.82, 2.24) is 9.97 Å². The number of hydrogen-bond acceptors (Lipinski definition) is 1. The van der Waals surface area contributed by atoms with Crippen LogP contribution in [0.3, 0.4) is 0 Å². The van der Waals surface area contributed by atoms with Crippen LogP contribution in [0.4, 0.5) is 0 Å². The molecule has 17 heavy (non-hydrogen) atoms. The van der Waals surface area contributed by atoms with Gasteiger partial charge in [0.2, 0.25) is 0 Å². The van der Waals surface area contributed by atoms with Crippen LogP contribution in [-0.4, -0.2) is 9.97 Å². The van der Waals surface area contributed by atoms with E-state index in [9.17, 15) is 0 Å². The van der Waals surface area contributed by atoms with Crippen molar-refractivity contribution in [3.8, 4) is 11.3 Å². The molecule has 1 aromatic carbocycles. The summed E-state index contributed by atoms with van der Waals surface area (Å²) < 4.78 is 0. The molecule has 3 aromatic rings. The molecule has 84 valence electrons. The van der Waals surface area contributed by atoms with Gasteiger partial charge in [0.15, 0.2) is 0 Å². The number of nitrogens with one attached hydrogen (secondary N) is 1. The van der Waals surface area contributed by atoms with Gasteiger partial charge in [-0.3, -0.25) is 4.98 Å². The molecule has 2 heteroatoms. The third-order valence-electron chi connectivity index (χ3n) is 3.32. The van der Waals surface area contributed by atoms with Crippen molar-refractivity contribution < 1.29 is 0 Å². The standard InChI is InChI=1S/C15H14N2/c1-10-3-4-13-9-14(17-15(13)11(10)2)12-5-7-16-8-6-12/h3-9,17H,1-2H3. The Kier molecular flexibility index (Phi) is 2.22. The van der Waals surface area contributed by atoms with Crippen molar-refractivity contribution in [3.63, 3.8) is 0 Å². The van der Waals surface area contributed by atoms with Gasteiger partial charge in [-0.1, -0.05) is 12.1 Å². The lowest BCUT2D eigenvalue weighted by Gasteiger charge is -2.00. The number of rotatable bonds is 1. The molecule has 0 fully saturated rings. The Morgan fingerprint density at radius 2 is 1.76 bits per heavy atom. The average molecular weight is 222 g/mol. The lowest BCUT2D eigenvalue weighted by Crippen LogP contribution is -1.82. The molecule has 0 saturated heterocycles. The lowest BCUT2D eigenvalue weighted by molar-refractivity contribution is 1.31. The van der Waals surface area contributed by atoms with Crippen molar-refractivity contribution in [1.29, 1.82) is 0 Å². The van der Waals surface area contributed by atoms with Gasteiger partial charge in [-0.2, -0.15) is 0 Å². The fourth-order valence-corrected chi connectivity index (χ4v) is 2.14. The number of aromatic nitrogens is 2. The SMILES string of the molecule is Cc1ccc2cc(-c3ccncc3)[nH]c2c1C. The molecule has 0 atom stereocenters. The number of nitrogens with zero attached hydrogens (tertiary/aromatic N) is 1. The van der Waals surface area contributed by atoms with E-state index in [1.54, 1.807) is 0 Å². The molecule has 0 aliphatic carbocycles. The van der Waals surface area contributed by atoms with Gasteiger partial charge >= 0.3 is 0 Å². The first-order valence-corrected chi connectivity index (χ1v) is 5.75. The largest absolute Gasteiger partial charge is 0.354 e. The van der Waals surface area contributed by atoms with Crippen LogP contribution in [0.5, 0.6) is 0 Å². The summed E-state index contributed by atoms with van der Waals surface area (Å²) in [7, 11) is 0. The summed E-state index contributed by atoms with van der Waals surface area (Å²) in [5.41, 5.74) is 6.20. The molecule has 2 heterocycles. The quantitative estimate of drug-likeness (QED) is 0.665. The van der Waals surface area contributed by atoms with Crippen molar-refractivity contribution in [3.05, 3.63) is 53.9 Å². The van der Waals surface area contributed by atoms with E-state index in [0.717, 1.165) is 5.69 Å². The molecule has 1 N–H and O–H groups in total. The van der Waals surface area contributed by atoms with Crippen molar-refractivity contribution in [2.45, 2.75) is 13.8 Å². The summed E-state index contributed by atoms with van der Waals surface area (Å²) in [5.74, 6) is 0. The van der Waals surface area contributed by atoms with Crippen LogP contribution in [0, 0.1) is 13.8 Å². The molecule has 2 aromatic heterocycles. The molecule has 0 radical (unpaired) electrons. The zero-order valence-corrected chi connectivity index (χ0v) is 9.99. The lowest BCUT2D eigenvalue weighted by atomic mass is 10.1. The van der Waals surface area contributed by atoms with Crippen LogP contribution >= 0.6 is 0 Å². The Hall–Kier alpha value is -2.09. The molecule has 0 spiro atoms. The second-order valence-corrected chi connectivity index (χ2v) is 4.39. The first-order valence-electron chi connectivity index (χ1n) is 5.75. The van der Waals surface area contributed by atoms with E-state index in [0.29, 0.717) is 0 Å². The third-order valence-corrected chi connectivity index (χ3v) is 3.32. The zero-order chi connectivity index (χ0) is 11.8. The second kappa shape index (κ2) is 3.74.